The summed E-state index contributed by atoms with van der Waals surface area (Å²) in [6, 6.07) is 10.0. The van der Waals surface area contributed by atoms with Gasteiger partial charge in [-0.25, -0.2) is 4.98 Å². The van der Waals surface area contributed by atoms with Gasteiger partial charge >= 0.3 is 0 Å². The largest absolute Gasteiger partial charge is 0.486 e. The van der Waals surface area contributed by atoms with Crippen LogP contribution in [0.5, 0.6) is 5.75 Å². The number of hydrogen-bond donors (Lipinski definition) is 1. The van der Waals surface area contributed by atoms with Gasteiger partial charge < -0.3 is 9.72 Å². The van der Waals surface area contributed by atoms with Gasteiger partial charge in [-0.05, 0) is 18.2 Å². The third-order valence-electron chi connectivity index (χ3n) is 3.15. The first-order chi connectivity index (χ1) is 11.0. The van der Waals surface area contributed by atoms with Crippen LogP contribution in [0.1, 0.15) is 5.82 Å². The molecule has 0 spiro atoms. The molecule has 0 aliphatic heterocycles. The summed E-state index contributed by atoms with van der Waals surface area (Å²) in [7, 11) is 0. The second kappa shape index (κ2) is 5.72. The Labute approximate surface area is 128 Å². The highest BCUT2D eigenvalue weighted by Gasteiger charge is 2.10. The van der Waals surface area contributed by atoms with Crippen LogP contribution in [0.15, 0.2) is 42.5 Å². The number of benzene rings is 2. The van der Waals surface area contributed by atoms with Crippen LogP contribution in [0.4, 0.5) is 11.4 Å². The van der Waals surface area contributed by atoms with Gasteiger partial charge in [-0.3, -0.25) is 20.2 Å². The number of nitrogens with one attached hydrogen (secondary N) is 1. The fraction of sp³-hybridized carbons (Fsp3) is 0.0714. The molecule has 23 heavy (non-hydrogen) atoms. The molecule has 0 fully saturated rings. The van der Waals surface area contributed by atoms with E-state index in [1.54, 1.807) is 6.07 Å². The lowest BCUT2D eigenvalue weighted by Crippen LogP contribution is -1.97. The first-order valence-corrected chi connectivity index (χ1v) is 6.53. The fourth-order valence-electron chi connectivity index (χ4n) is 2.05. The number of nitrogens with zero attached hydrogens (tertiary/aromatic N) is 3. The van der Waals surface area contributed by atoms with Crippen molar-refractivity contribution in [1.29, 1.82) is 0 Å². The van der Waals surface area contributed by atoms with Crippen LogP contribution in [-0.4, -0.2) is 19.8 Å². The molecule has 9 heteroatoms. The predicted octanol–water partition coefficient (Wildman–Crippen LogP) is 2.96. The van der Waals surface area contributed by atoms with E-state index < -0.39 is 9.85 Å². The van der Waals surface area contributed by atoms with E-state index in [-0.39, 0.29) is 18.0 Å². The van der Waals surface area contributed by atoms with Crippen molar-refractivity contribution < 1.29 is 14.6 Å². The Hall–Kier alpha value is -3.49. The lowest BCUT2D eigenvalue weighted by molar-refractivity contribution is -0.385. The maximum Gasteiger partial charge on any atom is 0.271 e. The molecule has 0 atom stereocenters. The van der Waals surface area contributed by atoms with Gasteiger partial charge in [-0.15, -0.1) is 0 Å². The molecule has 116 valence electrons. The molecule has 9 nitrogen and oxygen atoms in total. The Morgan fingerprint density at radius 1 is 1.00 bits per heavy atom. The Balaban J connectivity index is 1.74. The van der Waals surface area contributed by atoms with Gasteiger partial charge in [0.05, 0.1) is 20.9 Å². The number of nitro groups is 2. The first kappa shape index (κ1) is 14.4. The molecule has 3 aromatic rings. The molecule has 3 rings (SSSR count). The van der Waals surface area contributed by atoms with E-state index >= 15 is 0 Å². The standard InChI is InChI=1S/C14H10N4O5/c19-17(20)9-1-4-11(5-2-9)23-8-14-15-12-6-3-10(18(21)22)7-13(12)16-14/h1-7H,8H2,(H,15,16). The van der Waals surface area contributed by atoms with E-state index in [0.29, 0.717) is 22.6 Å². The molecule has 0 amide bonds. The van der Waals surface area contributed by atoms with E-state index in [1.165, 1.54) is 36.4 Å². The average Bonchev–Trinajstić information content (AvgIpc) is 2.95. The number of imidazole rings is 1. The minimum atomic E-state index is -0.490. The molecule has 0 saturated carbocycles. The van der Waals surface area contributed by atoms with Gasteiger partial charge in [0, 0.05) is 24.3 Å². The van der Waals surface area contributed by atoms with Gasteiger partial charge in [-0.2, -0.15) is 0 Å². The van der Waals surface area contributed by atoms with Crippen molar-refractivity contribution in [3.63, 3.8) is 0 Å². The number of fused-ring (bicyclic) bond motifs is 1. The SMILES string of the molecule is O=[N+]([O-])c1ccc(OCc2nc3ccc([N+](=O)[O-])cc3[nH]2)cc1. The van der Waals surface area contributed by atoms with Crippen molar-refractivity contribution >= 4 is 22.4 Å². The van der Waals surface area contributed by atoms with E-state index in [2.05, 4.69) is 9.97 Å². The van der Waals surface area contributed by atoms with Crippen molar-refractivity contribution in [1.82, 2.24) is 9.97 Å². The maximum absolute atomic E-state index is 10.7. The van der Waals surface area contributed by atoms with Crippen LogP contribution in [0.3, 0.4) is 0 Å². The number of hydrogen-bond acceptors (Lipinski definition) is 6. The number of aromatic nitrogens is 2. The van der Waals surface area contributed by atoms with Crippen LogP contribution in [0, 0.1) is 20.2 Å². The lowest BCUT2D eigenvalue weighted by Gasteiger charge is -2.03. The van der Waals surface area contributed by atoms with Crippen LogP contribution < -0.4 is 4.74 Å². The molecule has 0 unspecified atom stereocenters. The molecular formula is C14H10N4O5. The lowest BCUT2D eigenvalue weighted by atomic mass is 10.3. The zero-order valence-corrected chi connectivity index (χ0v) is 11.6. The highest BCUT2D eigenvalue weighted by Crippen LogP contribution is 2.21. The smallest absolute Gasteiger partial charge is 0.271 e. The molecule has 0 aliphatic carbocycles. The van der Waals surface area contributed by atoms with Crippen LogP contribution in [-0.2, 0) is 6.61 Å². The van der Waals surface area contributed by atoms with Gasteiger partial charge in [0.25, 0.3) is 11.4 Å². The van der Waals surface area contributed by atoms with Crippen molar-refractivity contribution in [2.75, 3.05) is 0 Å². The third-order valence-corrected chi connectivity index (χ3v) is 3.15. The van der Waals surface area contributed by atoms with E-state index in [1.807, 2.05) is 0 Å². The zero-order valence-electron chi connectivity index (χ0n) is 11.6. The molecule has 1 N–H and O–H groups in total. The molecular weight excluding hydrogens is 304 g/mol. The van der Waals surface area contributed by atoms with E-state index in [4.69, 9.17) is 4.74 Å². The molecule has 0 bridgehead atoms. The Morgan fingerprint density at radius 3 is 2.30 bits per heavy atom. The normalized spacial score (nSPS) is 10.6. The van der Waals surface area contributed by atoms with Crippen LogP contribution in [0.2, 0.25) is 0 Å². The average molecular weight is 314 g/mol. The summed E-state index contributed by atoms with van der Waals surface area (Å²) in [6.45, 7) is 0.111. The molecule has 0 radical (unpaired) electrons. The van der Waals surface area contributed by atoms with Gasteiger partial charge in [0.15, 0.2) is 0 Å². The van der Waals surface area contributed by atoms with Crippen LogP contribution >= 0.6 is 0 Å². The minimum Gasteiger partial charge on any atom is -0.486 e. The minimum absolute atomic E-state index is 0.0200. The molecule has 1 heterocycles. The van der Waals surface area contributed by atoms with Crippen molar-refractivity contribution in [2.24, 2.45) is 0 Å². The van der Waals surface area contributed by atoms with E-state index in [9.17, 15) is 20.2 Å². The van der Waals surface area contributed by atoms with Gasteiger partial charge in [0.2, 0.25) is 0 Å². The zero-order chi connectivity index (χ0) is 16.4. The number of aromatic amines is 1. The summed E-state index contributed by atoms with van der Waals surface area (Å²) in [5.41, 5.74) is 1.09. The fourth-order valence-corrected chi connectivity index (χ4v) is 2.05. The van der Waals surface area contributed by atoms with E-state index in [0.717, 1.165) is 0 Å². The van der Waals surface area contributed by atoms with Gasteiger partial charge in [-0.1, -0.05) is 0 Å². The number of non-ortho nitro benzene ring substituents is 2. The second-order valence-electron chi connectivity index (χ2n) is 4.68. The predicted molar refractivity (Wildman–Crippen MR) is 80.2 cm³/mol. The second-order valence-corrected chi connectivity index (χ2v) is 4.68. The molecule has 1 aromatic heterocycles. The summed E-state index contributed by atoms with van der Waals surface area (Å²) in [4.78, 5) is 27.5. The highest BCUT2D eigenvalue weighted by atomic mass is 16.6. The maximum atomic E-state index is 10.7. The molecule has 2 aromatic carbocycles. The first-order valence-electron chi connectivity index (χ1n) is 6.53. The monoisotopic (exact) mass is 314 g/mol. The third kappa shape index (κ3) is 3.07. The molecule has 0 aliphatic rings. The highest BCUT2D eigenvalue weighted by molar-refractivity contribution is 5.77. The number of ether oxygens (including phenoxy) is 1. The van der Waals surface area contributed by atoms with Crippen molar-refractivity contribution in [2.45, 2.75) is 6.61 Å². The summed E-state index contributed by atoms with van der Waals surface area (Å²) in [6.07, 6.45) is 0. The number of rotatable bonds is 5. The quantitative estimate of drug-likeness (QED) is 0.570. The van der Waals surface area contributed by atoms with Crippen molar-refractivity contribution in [3.8, 4) is 5.75 Å². The summed E-state index contributed by atoms with van der Waals surface area (Å²) >= 11 is 0. The molecule has 0 saturated heterocycles. The Morgan fingerprint density at radius 2 is 1.65 bits per heavy atom. The van der Waals surface area contributed by atoms with Gasteiger partial charge in [0.1, 0.15) is 18.2 Å². The summed E-state index contributed by atoms with van der Waals surface area (Å²) in [5, 5.41) is 21.3. The topological polar surface area (TPSA) is 124 Å². The number of nitro benzene ring substituents is 2. The Kier molecular flexibility index (Phi) is 3.59. The Bertz CT molecular complexity index is 888. The van der Waals surface area contributed by atoms with Crippen LogP contribution in [0.25, 0.3) is 11.0 Å². The van der Waals surface area contributed by atoms with Crippen molar-refractivity contribution in [3.05, 3.63) is 68.5 Å². The summed E-state index contributed by atoms with van der Waals surface area (Å²) in [5.74, 6) is 0.959. The number of H-pyrrole nitrogens is 1. The summed E-state index contributed by atoms with van der Waals surface area (Å²) < 4.78 is 5.48.